The van der Waals surface area contributed by atoms with Crippen molar-refractivity contribution in [3.05, 3.63) is 54.1 Å². The first-order valence-electron chi connectivity index (χ1n) is 9.43. The summed E-state index contributed by atoms with van der Waals surface area (Å²) in [4.78, 5) is 35.8. The molecule has 7 heteroatoms. The maximum absolute atomic E-state index is 11.5. The number of benzene rings is 1. The third-order valence-electron chi connectivity index (χ3n) is 3.73. The van der Waals surface area contributed by atoms with Gasteiger partial charge in [-0.15, -0.1) is 0 Å². The minimum Gasteiger partial charge on any atom is -0.497 e. The van der Waals surface area contributed by atoms with Gasteiger partial charge in [0.1, 0.15) is 24.6 Å². The second-order valence-corrected chi connectivity index (χ2v) is 6.23. The summed E-state index contributed by atoms with van der Waals surface area (Å²) in [5.41, 5.74) is 1.09. The molecule has 0 aliphatic rings. The zero-order valence-corrected chi connectivity index (χ0v) is 17.3. The molecule has 0 amide bonds. The average molecular weight is 403 g/mol. The number of ketones is 1. The minimum absolute atomic E-state index is 0.112. The SMILES string of the molecule is CCOC(=O)C=CCN(CC=CCOC(=O)CC(C)=O)Cc1ccc(OC)cc1. The van der Waals surface area contributed by atoms with Crippen molar-refractivity contribution in [2.45, 2.75) is 26.8 Å². The molecule has 158 valence electrons. The summed E-state index contributed by atoms with van der Waals surface area (Å²) in [7, 11) is 1.62. The quantitative estimate of drug-likeness (QED) is 0.217. The number of rotatable bonds is 13. The van der Waals surface area contributed by atoms with E-state index in [0.717, 1.165) is 11.3 Å². The molecule has 1 aromatic rings. The standard InChI is InChI=1S/C22H29NO6/c1-4-28-21(25)8-7-14-23(17-19-9-11-20(27-3)12-10-19)13-5-6-15-29-22(26)16-18(2)24/h5-12H,4,13-17H2,1-3H3. The summed E-state index contributed by atoms with van der Waals surface area (Å²) < 4.78 is 15.0. The van der Waals surface area contributed by atoms with Gasteiger partial charge in [-0.25, -0.2) is 4.79 Å². The second-order valence-electron chi connectivity index (χ2n) is 6.23. The smallest absolute Gasteiger partial charge is 0.330 e. The van der Waals surface area contributed by atoms with Gasteiger partial charge in [0.2, 0.25) is 0 Å². The molecule has 0 fully saturated rings. The number of carbonyl (C=O) groups excluding carboxylic acids is 3. The number of hydrogen-bond donors (Lipinski definition) is 0. The molecular formula is C22H29NO6. The van der Waals surface area contributed by atoms with Gasteiger partial charge in [0.15, 0.2) is 0 Å². The highest BCUT2D eigenvalue weighted by molar-refractivity contribution is 5.94. The van der Waals surface area contributed by atoms with Crippen LogP contribution in [0, 0.1) is 0 Å². The maximum Gasteiger partial charge on any atom is 0.330 e. The molecule has 0 saturated heterocycles. The Morgan fingerprint density at radius 3 is 2.31 bits per heavy atom. The molecule has 0 aromatic heterocycles. The van der Waals surface area contributed by atoms with E-state index in [2.05, 4.69) is 4.90 Å². The predicted octanol–water partition coefficient (Wildman–Crippen LogP) is 2.70. The molecule has 0 bridgehead atoms. The highest BCUT2D eigenvalue weighted by Crippen LogP contribution is 2.13. The largest absolute Gasteiger partial charge is 0.497 e. The summed E-state index contributed by atoms with van der Waals surface area (Å²) in [5, 5.41) is 0. The minimum atomic E-state index is -0.533. The van der Waals surface area contributed by atoms with Gasteiger partial charge in [-0.2, -0.15) is 0 Å². The van der Waals surface area contributed by atoms with Gasteiger partial charge >= 0.3 is 11.9 Å². The fraction of sp³-hybridized carbons (Fsp3) is 0.409. The molecule has 0 spiro atoms. The molecule has 1 rings (SSSR count). The third-order valence-corrected chi connectivity index (χ3v) is 3.73. The molecule has 0 radical (unpaired) electrons. The van der Waals surface area contributed by atoms with E-state index in [-0.39, 0.29) is 24.8 Å². The van der Waals surface area contributed by atoms with Gasteiger partial charge in [-0.3, -0.25) is 14.5 Å². The first-order chi connectivity index (χ1) is 13.9. The first kappa shape index (κ1) is 24.1. The monoisotopic (exact) mass is 403 g/mol. The van der Waals surface area contributed by atoms with Crippen LogP contribution in [0.4, 0.5) is 0 Å². The van der Waals surface area contributed by atoms with Crippen LogP contribution < -0.4 is 4.74 Å². The van der Waals surface area contributed by atoms with E-state index in [9.17, 15) is 14.4 Å². The van der Waals surface area contributed by atoms with Crippen LogP contribution in [0.1, 0.15) is 25.8 Å². The number of ether oxygens (including phenoxy) is 3. The van der Waals surface area contributed by atoms with Gasteiger partial charge < -0.3 is 14.2 Å². The number of nitrogens with zero attached hydrogens (tertiary/aromatic N) is 1. The van der Waals surface area contributed by atoms with Crippen molar-refractivity contribution >= 4 is 17.7 Å². The summed E-state index contributed by atoms with van der Waals surface area (Å²) in [6.07, 6.45) is 6.56. The van der Waals surface area contributed by atoms with Crippen molar-refractivity contribution in [3.63, 3.8) is 0 Å². The van der Waals surface area contributed by atoms with E-state index in [0.29, 0.717) is 26.2 Å². The van der Waals surface area contributed by atoms with Gasteiger partial charge in [-0.05, 0) is 37.6 Å². The lowest BCUT2D eigenvalue weighted by molar-refractivity contribution is -0.144. The molecule has 0 aliphatic carbocycles. The Labute approximate surface area is 171 Å². The Morgan fingerprint density at radius 2 is 1.69 bits per heavy atom. The first-order valence-corrected chi connectivity index (χ1v) is 9.43. The van der Waals surface area contributed by atoms with Crippen molar-refractivity contribution in [1.29, 1.82) is 0 Å². The molecule has 0 heterocycles. The number of methoxy groups -OCH3 is 1. The Hall–Kier alpha value is -2.93. The van der Waals surface area contributed by atoms with Crippen LogP contribution in [-0.4, -0.2) is 56.0 Å². The highest BCUT2D eigenvalue weighted by atomic mass is 16.5. The Morgan fingerprint density at radius 1 is 1.00 bits per heavy atom. The zero-order valence-electron chi connectivity index (χ0n) is 17.3. The fourth-order valence-electron chi connectivity index (χ4n) is 2.37. The lowest BCUT2D eigenvalue weighted by Crippen LogP contribution is -2.24. The third kappa shape index (κ3) is 11.5. The summed E-state index contributed by atoms with van der Waals surface area (Å²) in [6, 6.07) is 7.75. The predicted molar refractivity (Wildman–Crippen MR) is 109 cm³/mol. The summed E-state index contributed by atoms with van der Waals surface area (Å²) >= 11 is 0. The van der Waals surface area contributed by atoms with Gasteiger partial charge in [0.25, 0.3) is 0 Å². The van der Waals surface area contributed by atoms with E-state index in [4.69, 9.17) is 14.2 Å². The summed E-state index contributed by atoms with van der Waals surface area (Å²) in [6.45, 7) is 5.34. The number of Topliss-reactive ketones (excluding diaryl/α,β-unsaturated/α-hetero) is 1. The Kier molecular flexibility index (Phi) is 11.7. The summed E-state index contributed by atoms with van der Waals surface area (Å²) in [5.74, 6) is -0.341. The van der Waals surface area contributed by atoms with E-state index in [1.54, 1.807) is 26.2 Å². The van der Waals surface area contributed by atoms with Gasteiger partial charge in [0, 0.05) is 25.7 Å². The fourth-order valence-corrected chi connectivity index (χ4v) is 2.37. The maximum atomic E-state index is 11.5. The molecule has 0 N–H and O–H groups in total. The molecule has 1 aromatic carbocycles. The Balaban J connectivity index is 2.61. The van der Waals surface area contributed by atoms with Crippen LogP contribution >= 0.6 is 0 Å². The van der Waals surface area contributed by atoms with Crippen LogP contribution in [0.15, 0.2) is 48.6 Å². The van der Waals surface area contributed by atoms with E-state index in [1.807, 2.05) is 30.3 Å². The number of hydrogen-bond acceptors (Lipinski definition) is 7. The second kappa shape index (κ2) is 14.1. The van der Waals surface area contributed by atoms with Crippen LogP contribution in [0.2, 0.25) is 0 Å². The Bertz CT molecular complexity index is 709. The van der Waals surface area contributed by atoms with Crippen molar-refractivity contribution in [2.75, 3.05) is 33.4 Å². The number of esters is 2. The molecular weight excluding hydrogens is 374 g/mol. The molecule has 7 nitrogen and oxygen atoms in total. The average Bonchev–Trinajstić information content (AvgIpc) is 2.67. The molecule has 29 heavy (non-hydrogen) atoms. The van der Waals surface area contributed by atoms with E-state index in [1.165, 1.54) is 13.0 Å². The van der Waals surface area contributed by atoms with Crippen LogP contribution in [0.3, 0.4) is 0 Å². The van der Waals surface area contributed by atoms with E-state index < -0.39 is 5.97 Å². The highest BCUT2D eigenvalue weighted by Gasteiger charge is 2.06. The van der Waals surface area contributed by atoms with Crippen molar-refractivity contribution < 1.29 is 28.6 Å². The van der Waals surface area contributed by atoms with Gasteiger partial charge in [-0.1, -0.05) is 24.3 Å². The molecule has 0 aliphatic heterocycles. The molecule has 0 saturated carbocycles. The normalized spacial score (nSPS) is 11.2. The zero-order chi connectivity index (χ0) is 21.5. The van der Waals surface area contributed by atoms with Crippen molar-refractivity contribution in [1.82, 2.24) is 4.90 Å². The topological polar surface area (TPSA) is 82.1 Å². The van der Waals surface area contributed by atoms with Crippen LogP contribution in [0.5, 0.6) is 5.75 Å². The molecule has 0 atom stereocenters. The van der Waals surface area contributed by atoms with E-state index >= 15 is 0 Å². The van der Waals surface area contributed by atoms with Crippen LogP contribution in [0.25, 0.3) is 0 Å². The van der Waals surface area contributed by atoms with Gasteiger partial charge in [0.05, 0.1) is 13.7 Å². The van der Waals surface area contributed by atoms with Crippen molar-refractivity contribution in [2.24, 2.45) is 0 Å². The molecule has 0 unspecified atom stereocenters. The van der Waals surface area contributed by atoms with Crippen molar-refractivity contribution in [3.8, 4) is 5.75 Å². The number of carbonyl (C=O) groups is 3. The lowest BCUT2D eigenvalue weighted by Gasteiger charge is -2.19. The van der Waals surface area contributed by atoms with Crippen LogP contribution in [-0.2, 0) is 30.4 Å². The lowest BCUT2D eigenvalue weighted by atomic mass is 10.2.